The van der Waals surface area contributed by atoms with Crippen molar-refractivity contribution < 1.29 is 9.59 Å². The van der Waals surface area contributed by atoms with Crippen LogP contribution in [0.3, 0.4) is 0 Å². The van der Waals surface area contributed by atoms with E-state index in [0.29, 0.717) is 12.1 Å². The standard InChI is InChI=1S/C12H15ClN2O2/c1-2-3-4-11(16)15-8-5-6-10(13)9(7-8)12(14)17/h5-7H,2-4H2,1H3,(H2,14,17)(H,15,16). The number of hydrogen-bond acceptors (Lipinski definition) is 2. The highest BCUT2D eigenvalue weighted by Crippen LogP contribution is 2.20. The second-order valence-electron chi connectivity index (χ2n) is 3.71. The van der Waals surface area contributed by atoms with Crippen molar-refractivity contribution in [2.45, 2.75) is 26.2 Å². The van der Waals surface area contributed by atoms with Crippen LogP contribution in [0.5, 0.6) is 0 Å². The van der Waals surface area contributed by atoms with Crippen molar-refractivity contribution in [3.8, 4) is 0 Å². The Hall–Kier alpha value is -1.55. The van der Waals surface area contributed by atoms with E-state index in [-0.39, 0.29) is 16.5 Å². The fourth-order valence-electron chi connectivity index (χ4n) is 1.35. The number of nitrogens with one attached hydrogen (secondary N) is 1. The summed E-state index contributed by atoms with van der Waals surface area (Å²) in [5.41, 5.74) is 5.90. The Morgan fingerprint density at radius 2 is 2.12 bits per heavy atom. The molecule has 0 radical (unpaired) electrons. The molecule has 0 saturated heterocycles. The molecule has 0 saturated carbocycles. The van der Waals surface area contributed by atoms with Crippen molar-refractivity contribution in [1.29, 1.82) is 0 Å². The Bertz CT molecular complexity index is 433. The quantitative estimate of drug-likeness (QED) is 0.848. The van der Waals surface area contributed by atoms with E-state index >= 15 is 0 Å². The van der Waals surface area contributed by atoms with Crippen LogP contribution in [-0.4, -0.2) is 11.8 Å². The zero-order chi connectivity index (χ0) is 12.8. The zero-order valence-corrected chi connectivity index (χ0v) is 10.4. The van der Waals surface area contributed by atoms with E-state index in [1.54, 1.807) is 6.07 Å². The molecule has 0 aromatic heterocycles. The van der Waals surface area contributed by atoms with E-state index in [0.717, 1.165) is 12.8 Å². The van der Waals surface area contributed by atoms with Gasteiger partial charge in [-0.2, -0.15) is 0 Å². The van der Waals surface area contributed by atoms with E-state index < -0.39 is 5.91 Å². The van der Waals surface area contributed by atoms with E-state index in [1.807, 2.05) is 6.92 Å². The van der Waals surface area contributed by atoms with Gasteiger partial charge in [-0.25, -0.2) is 0 Å². The second-order valence-corrected chi connectivity index (χ2v) is 4.12. The smallest absolute Gasteiger partial charge is 0.250 e. The molecule has 0 fully saturated rings. The van der Waals surface area contributed by atoms with E-state index in [4.69, 9.17) is 17.3 Å². The molecule has 1 aromatic rings. The molecular formula is C12H15ClN2O2. The topological polar surface area (TPSA) is 72.2 Å². The van der Waals surface area contributed by atoms with Crippen molar-refractivity contribution in [3.63, 3.8) is 0 Å². The van der Waals surface area contributed by atoms with Crippen LogP contribution in [0, 0.1) is 0 Å². The highest BCUT2D eigenvalue weighted by atomic mass is 35.5. The van der Waals surface area contributed by atoms with Gasteiger partial charge in [0.2, 0.25) is 11.8 Å². The minimum Gasteiger partial charge on any atom is -0.366 e. The van der Waals surface area contributed by atoms with Crippen LogP contribution in [0.2, 0.25) is 5.02 Å². The molecule has 0 heterocycles. The average molecular weight is 255 g/mol. The molecule has 5 heteroatoms. The SMILES string of the molecule is CCCCC(=O)Nc1ccc(Cl)c(C(N)=O)c1. The van der Waals surface area contributed by atoms with Gasteiger partial charge in [0.15, 0.2) is 0 Å². The van der Waals surface area contributed by atoms with Crippen molar-refractivity contribution in [3.05, 3.63) is 28.8 Å². The van der Waals surface area contributed by atoms with Crippen LogP contribution in [0.1, 0.15) is 36.5 Å². The van der Waals surface area contributed by atoms with Gasteiger partial charge in [-0.1, -0.05) is 24.9 Å². The third kappa shape index (κ3) is 4.07. The van der Waals surface area contributed by atoms with Gasteiger partial charge in [0.1, 0.15) is 0 Å². The van der Waals surface area contributed by atoms with Crippen molar-refractivity contribution >= 4 is 29.1 Å². The normalized spacial score (nSPS) is 10.0. The lowest BCUT2D eigenvalue weighted by molar-refractivity contribution is -0.116. The number of amides is 2. The number of rotatable bonds is 5. The lowest BCUT2D eigenvalue weighted by Gasteiger charge is -2.07. The number of unbranched alkanes of at least 4 members (excludes halogenated alkanes) is 1. The number of nitrogens with two attached hydrogens (primary N) is 1. The third-order valence-corrected chi connectivity index (χ3v) is 2.60. The number of hydrogen-bond donors (Lipinski definition) is 2. The fraction of sp³-hybridized carbons (Fsp3) is 0.333. The van der Waals surface area contributed by atoms with E-state index in [2.05, 4.69) is 5.32 Å². The maximum atomic E-state index is 11.5. The van der Waals surface area contributed by atoms with Crippen LogP contribution >= 0.6 is 11.6 Å². The van der Waals surface area contributed by atoms with Crippen LogP contribution in [0.25, 0.3) is 0 Å². The van der Waals surface area contributed by atoms with Gasteiger partial charge in [-0.3, -0.25) is 9.59 Å². The largest absolute Gasteiger partial charge is 0.366 e. The van der Waals surface area contributed by atoms with Crippen LogP contribution < -0.4 is 11.1 Å². The number of anilines is 1. The molecule has 0 spiro atoms. The van der Waals surface area contributed by atoms with Gasteiger partial charge in [0, 0.05) is 12.1 Å². The predicted octanol–water partition coefficient (Wildman–Crippen LogP) is 2.57. The lowest BCUT2D eigenvalue weighted by atomic mass is 10.2. The highest BCUT2D eigenvalue weighted by Gasteiger charge is 2.09. The average Bonchev–Trinajstić information content (AvgIpc) is 2.28. The Morgan fingerprint density at radius 1 is 1.41 bits per heavy atom. The highest BCUT2D eigenvalue weighted by molar-refractivity contribution is 6.33. The van der Waals surface area contributed by atoms with Gasteiger partial charge in [-0.15, -0.1) is 0 Å². The number of halogens is 1. The Labute approximate surface area is 105 Å². The molecule has 4 nitrogen and oxygen atoms in total. The molecule has 0 bridgehead atoms. The molecule has 2 amide bonds. The summed E-state index contributed by atoms with van der Waals surface area (Å²) in [5.74, 6) is -0.691. The van der Waals surface area contributed by atoms with E-state index in [1.165, 1.54) is 12.1 Å². The summed E-state index contributed by atoms with van der Waals surface area (Å²) >= 11 is 5.80. The summed E-state index contributed by atoms with van der Waals surface area (Å²) in [6.07, 6.45) is 2.26. The zero-order valence-electron chi connectivity index (χ0n) is 9.63. The molecule has 1 aromatic carbocycles. The molecule has 3 N–H and O–H groups in total. The van der Waals surface area contributed by atoms with Crippen LogP contribution in [-0.2, 0) is 4.79 Å². The second kappa shape index (κ2) is 6.25. The molecule has 92 valence electrons. The summed E-state index contributed by atoms with van der Waals surface area (Å²) in [4.78, 5) is 22.5. The maximum Gasteiger partial charge on any atom is 0.250 e. The first-order valence-electron chi connectivity index (χ1n) is 5.43. The Balaban J connectivity index is 2.75. The minimum atomic E-state index is -0.611. The minimum absolute atomic E-state index is 0.0791. The molecular weight excluding hydrogens is 240 g/mol. The van der Waals surface area contributed by atoms with Crippen molar-refractivity contribution in [1.82, 2.24) is 0 Å². The summed E-state index contributed by atoms with van der Waals surface area (Å²) in [7, 11) is 0. The summed E-state index contributed by atoms with van der Waals surface area (Å²) < 4.78 is 0. The Kier molecular flexibility index (Phi) is 4.97. The molecule has 0 aliphatic carbocycles. The van der Waals surface area contributed by atoms with Gasteiger partial charge in [0.25, 0.3) is 0 Å². The predicted molar refractivity (Wildman–Crippen MR) is 68.1 cm³/mol. The number of benzene rings is 1. The third-order valence-electron chi connectivity index (χ3n) is 2.27. The molecule has 0 aliphatic heterocycles. The van der Waals surface area contributed by atoms with E-state index in [9.17, 15) is 9.59 Å². The molecule has 1 rings (SSSR count). The molecule has 0 atom stereocenters. The van der Waals surface area contributed by atoms with Gasteiger partial charge in [0.05, 0.1) is 10.6 Å². The van der Waals surface area contributed by atoms with Crippen LogP contribution in [0.15, 0.2) is 18.2 Å². The lowest BCUT2D eigenvalue weighted by Crippen LogP contribution is -2.14. The molecule has 0 aliphatic rings. The summed E-state index contributed by atoms with van der Waals surface area (Å²) in [6, 6.07) is 4.66. The van der Waals surface area contributed by atoms with Crippen LogP contribution in [0.4, 0.5) is 5.69 Å². The summed E-state index contributed by atoms with van der Waals surface area (Å²) in [5, 5.41) is 2.98. The number of primary amides is 1. The molecule has 17 heavy (non-hydrogen) atoms. The van der Waals surface area contributed by atoms with Gasteiger partial charge >= 0.3 is 0 Å². The summed E-state index contributed by atoms with van der Waals surface area (Å²) in [6.45, 7) is 2.01. The molecule has 0 unspecified atom stereocenters. The van der Waals surface area contributed by atoms with Crippen molar-refractivity contribution in [2.24, 2.45) is 5.73 Å². The number of carbonyl (C=O) groups is 2. The number of carbonyl (C=O) groups excluding carboxylic acids is 2. The first-order valence-corrected chi connectivity index (χ1v) is 5.81. The van der Waals surface area contributed by atoms with Gasteiger partial charge < -0.3 is 11.1 Å². The van der Waals surface area contributed by atoms with Crippen molar-refractivity contribution in [2.75, 3.05) is 5.32 Å². The van der Waals surface area contributed by atoms with Gasteiger partial charge in [-0.05, 0) is 24.6 Å². The fourth-order valence-corrected chi connectivity index (χ4v) is 1.56. The first kappa shape index (κ1) is 13.5. The maximum absolute atomic E-state index is 11.5. The first-order chi connectivity index (χ1) is 8.04. The monoisotopic (exact) mass is 254 g/mol. The Morgan fingerprint density at radius 3 is 2.71 bits per heavy atom.